The molecule has 0 amide bonds. The number of carboxylic acid groups (broad SMARTS) is 1. The van der Waals surface area contributed by atoms with Crippen LogP contribution in [0.5, 0.6) is 0 Å². The quantitative estimate of drug-likeness (QED) is 0.408. The van der Waals surface area contributed by atoms with Crippen molar-refractivity contribution in [3.63, 3.8) is 0 Å². The molecule has 0 fully saturated rings. The first-order valence-corrected chi connectivity index (χ1v) is 5.57. The number of carbonyl (C=O) groups is 2. The molecular weight excluding hydrogens is 216 g/mol. The SMILES string of the molecule is C=CC=CC(=O)OC(CSCC)C(=O)O. The fraction of sp³-hybridized carbons (Fsp3) is 0.400. The van der Waals surface area contributed by atoms with E-state index in [1.807, 2.05) is 6.92 Å². The van der Waals surface area contributed by atoms with Crippen LogP contribution in [0.15, 0.2) is 24.8 Å². The monoisotopic (exact) mass is 230 g/mol. The van der Waals surface area contributed by atoms with E-state index >= 15 is 0 Å². The molecule has 0 bridgehead atoms. The minimum atomic E-state index is -1.13. The summed E-state index contributed by atoms with van der Waals surface area (Å²) in [5.41, 5.74) is 0. The van der Waals surface area contributed by atoms with E-state index in [0.29, 0.717) is 0 Å². The Bertz CT molecular complexity index is 260. The van der Waals surface area contributed by atoms with Gasteiger partial charge in [-0.25, -0.2) is 9.59 Å². The highest BCUT2D eigenvalue weighted by molar-refractivity contribution is 7.99. The number of carboxylic acids is 1. The largest absolute Gasteiger partial charge is 0.478 e. The van der Waals surface area contributed by atoms with Crippen molar-refractivity contribution in [3.8, 4) is 0 Å². The summed E-state index contributed by atoms with van der Waals surface area (Å²) in [6.07, 6.45) is 2.86. The molecule has 0 aliphatic heterocycles. The first kappa shape index (κ1) is 13.8. The first-order chi connectivity index (χ1) is 7.11. The zero-order valence-corrected chi connectivity index (χ0v) is 9.33. The summed E-state index contributed by atoms with van der Waals surface area (Å²) in [6.45, 7) is 5.29. The van der Waals surface area contributed by atoms with Gasteiger partial charge in [0.15, 0.2) is 0 Å². The maximum absolute atomic E-state index is 11.1. The molecule has 0 rings (SSSR count). The van der Waals surface area contributed by atoms with Crippen molar-refractivity contribution in [3.05, 3.63) is 24.8 Å². The average Bonchev–Trinajstić information content (AvgIpc) is 2.20. The molecule has 5 heteroatoms. The second-order valence-corrected chi connectivity index (χ2v) is 3.84. The first-order valence-electron chi connectivity index (χ1n) is 4.42. The Morgan fingerprint density at radius 1 is 1.60 bits per heavy atom. The summed E-state index contributed by atoms with van der Waals surface area (Å²) in [6, 6.07) is 0. The minimum Gasteiger partial charge on any atom is -0.478 e. The fourth-order valence-corrected chi connectivity index (χ4v) is 1.37. The Labute approximate surface area is 93.0 Å². The van der Waals surface area contributed by atoms with Gasteiger partial charge in [-0.3, -0.25) is 0 Å². The molecule has 15 heavy (non-hydrogen) atoms. The number of rotatable bonds is 7. The molecule has 0 radical (unpaired) electrons. The van der Waals surface area contributed by atoms with Crippen LogP contribution in [0, 0.1) is 0 Å². The van der Waals surface area contributed by atoms with Crippen LogP contribution < -0.4 is 0 Å². The third-order valence-corrected chi connectivity index (χ3v) is 2.32. The van der Waals surface area contributed by atoms with Crippen molar-refractivity contribution in [2.24, 2.45) is 0 Å². The van der Waals surface area contributed by atoms with E-state index in [4.69, 9.17) is 9.84 Å². The van der Waals surface area contributed by atoms with Gasteiger partial charge < -0.3 is 9.84 Å². The maximum atomic E-state index is 11.1. The Morgan fingerprint density at radius 2 is 2.27 bits per heavy atom. The highest BCUT2D eigenvalue weighted by Crippen LogP contribution is 2.06. The Balaban J connectivity index is 4.15. The van der Waals surface area contributed by atoms with Crippen molar-refractivity contribution >= 4 is 23.7 Å². The smallest absolute Gasteiger partial charge is 0.345 e. The number of ether oxygens (including phenoxy) is 1. The van der Waals surface area contributed by atoms with Gasteiger partial charge in [0.2, 0.25) is 6.10 Å². The second kappa shape index (κ2) is 8.11. The molecule has 1 unspecified atom stereocenters. The lowest BCUT2D eigenvalue weighted by Crippen LogP contribution is -2.28. The molecule has 4 nitrogen and oxygen atoms in total. The zero-order chi connectivity index (χ0) is 11.7. The van der Waals surface area contributed by atoms with Crippen molar-refractivity contribution in [2.75, 3.05) is 11.5 Å². The van der Waals surface area contributed by atoms with Crippen molar-refractivity contribution in [2.45, 2.75) is 13.0 Å². The van der Waals surface area contributed by atoms with Gasteiger partial charge in [-0.1, -0.05) is 25.7 Å². The minimum absolute atomic E-state index is 0.263. The zero-order valence-electron chi connectivity index (χ0n) is 8.51. The van der Waals surface area contributed by atoms with E-state index in [1.165, 1.54) is 23.9 Å². The van der Waals surface area contributed by atoms with Crippen LogP contribution in [0.4, 0.5) is 0 Å². The van der Waals surface area contributed by atoms with E-state index < -0.39 is 18.0 Å². The highest BCUT2D eigenvalue weighted by Gasteiger charge is 2.20. The van der Waals surface area contributed by atoms with Crippen molar-refractivity contribution in [1.29, 1.82) is 0 Å². The summed E-state index contributed by atoms with van der Waals surface area (Å²) in [5, 5.41) is 8.74. The number of aliphatic carboxylic acids is 1. The van der Waals surface area contributed by atoms with Gasteiger partial charge in [0.1, 0.15) is 0 Å². The van der Waals surface area contributed by atoms with E-state index in [2.05, 4.69) is 6.58 Å². The fourth-order valence-electron chi connectivity index (χ4n) is 0.707. The normalized spacial score (nSPS) is 12.3. The van der Waals surface area contributed by atoms with E-state index in [1.54, 1.807) is 0 Å². The maximum Gasteiger partial charge on any atom is 0.345 e. The molecule has 0 aromatic carbocycles. The summed E-state index contributed by atoms with van der Waals surface area (Å²) in [5.74, 6) is -0.751. The van der Waals surface area contributed by atoms with Gasteiger partial charge in [0.05, 0.1) is 0 Å². The predicted molar refractivity (Wildman–Crippen MR) is 59.9 cm³/mol. The van der Waals surface area contributed by atoms with Gasteiger partial charge in [-0.05, 0) is 5.75 Å². The lowest BCUT2D eigenvalue weighted by Gasteiger charge is -2.11. The summed E-state index contributed by atoms with van der Waals surface area (Å²) in [4.78, 5) is 21.7. The lowest BCUT2D eigenvalue weighted by molar-refractivity contribution is -0.158. The van der Waals surface area contributed by atoms with Crippen molar-refractivity contribution in [1.82, 2.24) is 0 Å². The number of allylic oxidation sites excluding steroid dienone is 2. The van der Waals surface area contributed by atoms with Gasteiger partial charge in [0, 0.05) is 11.8 Å². The second-order valence-electron chi connectivity index (χ2n) is 2.52. The molecule has 1 atom stereocenters. The molecule has 0 aliphatic rings. The highest BCUT2D eigenvalue weighted by atomic mass is 32.2. The van der Waals surface area contributed by atoms with E-state index in [0.717, 1.165) is 11.8 Å². The standard InChI is InChI=1S/C10H14O4S/c1-3-5-6-9(11)14-8(10(12)13)7-15-4-2/h3,5-6,8H,1,4,7H2,2H3,(H,12,13). The van der Waals surface area contributed by atoms with Crippen molar-refractivity contribution < 1.29 is 19.4 Å². The molecular formula is C10H14O4S. The van der Waals surface area contributed by atoms with Crippen LogP contribution in [-0.4, -0.2) is 34.7 Å². The van der Waals surface area contributed by atoms with Crippen LogP contribution >= 0.6 is 11.8 Å². The molecule has 0 heterocycles. The van der Waals surface area contributed by atoms with Gasteiger partial charge >= 0.3 is 11.9 Å². The molecule has 0 aromatic heterocycles. The number of carbonyl (C=O) groups excluding carboxylic acids is 1. The predicted octanol–water partition coefficient (Wildman–Crippen LogP) is 1.48. The summed E-state index contributed by atoms with van der Waals surface area (Å²) < 4.78 is 4.72. The number of hydrogen-bond acceptors (Lipinski definition) is 4. The van der Waals surface area contributed by atoms with Crippen LogP contribution in [-0.2, 0) is 14.3 Å². The third kappa shape index (κ3) is 6.79. The molecule has 0 aliphatic carbocycles. The van der Waals surface area contributed by atoms with Crippen LogP contribution in [0.3, 0.4) is 0 Å². The molecule has 1 N–H and O–H groups in total. The Kier molecular flexibility index (Phi) is 7.44. The van der Waals surface area contributed by atoms with Gasteiger partial charge in [0.25, 0.3) is 0 Å². The van der Waals surface area contributed by atoms with Crippen LogP contribution in [0.1, 0.15) is 6.92 Å². The average molecular weight is 230 g/mol. The molecule has 0 spiro atoms. The van der Waals surface area contributed by atoms with E-state index in [-0.39, 0.29) is 5.75 Å². The topological polar surface area (TPSA) is 63.6 Å². The van der Waals surface area contributed by atoms with Gasteiger partial charge in [-0.15, -0.1) is 0 Å². The van der Waals surface area contributed by atoms with Crippen LogP contribution in [0.2, 0.25) is 0 Å². The molecule has 0 aromatic rings. The Morgan fingerprint density at radius 3 is 2.73 bits per heavy atom. The molecule has 0 saturated carbocycles. The summed E-state index contributed by atoms with van der Waals surface area (Å²) >= 11 is 1.41. The van der Waals surface area contributed by atoms with Gasteiger partial charge in [-0.2, -0.15) is 11.8 Å². The molecule has 0 saturated heterocycles. The van der Waals surface area contributed by atoms with Crippen LogP contribution in [0.25, 0.3) is 0 Å². The third-order valence-electron chi connectivity index (χ3n) is 1.38. The number of thioether (sulfide) groups is 1. The molecule has 84 valence electrons. The van der Waals surface area contributed by atoms with E-state index in [9.17, 15) is 9.59 Å². The number of esters is 1. The lowest BCUT2D eigenvalue weighted by atomic mass is 10.4. The summed E-state index contributed by atoms with van der Waals surface area (Å²) in [7, 11) is 0. The number of hydrogen-bond donors (Lipinski definition) is 1. The Hall–Kier alpha value is -1.23.